The number of hydrogen-bond donors (Lipinski definition) is 1. The number of hydrogen-bond acceptors (Lipinski definition) is 8. The van der Waals surface area contributed by atoms with Gasteiger partial charge in [-0.2, -0.15) is 13.2 Å². The molecular weight excluding hydrogens is 693 g/mol. The first-order chi connectivity index (χ1) is 25.4. The summed E-state index contributed by atoms with van der Waals surface area (Å²) in [6, 6.07) is 11.5. The number of carbonyl (C=O) groups excluding carboxylic acids is 2. The number of amides is 2. The average molecular weight is 745 g/mol. The average Bonchev–Trinajstić information content (AvgIpc) is 3.90. The first kappa shape index (κ1) is 38.8. The maximum atomic E-state index is 14.7. The Morgan fingerprint density at radius 2 is 1.57 bits per heavy atom. The van der Waals surface area contributed by atoms with Crippen molar-refractivity contribution in [1.82, 2.24) is 14.7 Å². The van der Waals surface area contributed by atoms with Gasteiger partial charge in [0.2, 0.25) is 11.8 Å². The maximum Gasteiger partial charge on any atom is 0.416 e. The molecule has 4 fully saturated rings. The molecule has 0 radical (unpaired) electrons. The molecule has 0 bridgehead atoms. The number of benzene rings is 2. The van der Waals surface area contributed by atoms with Crippen LogP contribution >= 0.6 is 0 Å². The van der Waals surface area contributed by atoms with E-state index in [4.69, 9.17) is 14.2 Å². The van der Waals surface area contributed by atoms with E-state index in [-0.39, 0.29) is 42.2 Å². The molecule has 0 unspecified atom stereocenters. The van der Waals surface area contributed by atoms with Crippen molar-refractivity contribution in [2.45, 2.75) is 49.7 Å². The maximum absolute atomic E-state index is 14.7. The Morgan fingerprint density at radius 1 is 0.849 bits per heavy atom. The fourth-order valence-electron chi connectivity index (χ4n) is 8.96. The van der Waals surface area contributed by atoms with Crippen molar-refractivity contribution in [3.8, 4) is 5.75 Å². The minimum Gasteiger partial charge on any atom is -0.497 e. The van der Waals surface area contributed by atoms with Gasteiger partial charge in [-0.1, -0.05) is 18.2 Å². The molecule has 0 aromatic heterocycles. The quantitative estimate of drug-likeness (QED) is 0.335. The van der Waals surface area contributed by atoms with Gasteiger partial charge in [-0.3, -0.25) is 19.3 Å². The summed E-state index contributed by atoms with van der Waals surface area (Å²) in [5, 5.41) is 9.54. The summed E-state index contributed by atoms with van der Waals surface area (Å²) in [6.07, 6.45) is -2.06. The monoisotopic (exact) mass is 744 g/mol. The van der Waals surface area contributed by atoms with Gasteiger partial charge in [-0.05, 0) is 61.1 Å². The number of alkyl halides is 3. The van der Waals surface area contributed by atoms with E-state index in [1.165, 1.54) is 12.1 Å². The lowest BCUT2D eigenvalue weighted by atomic mass is 9.86. The molecule has 2 aromatic rings. The summed E-state index contributed by atoms with van der Waals surface area (Å²) in [5.74, 6) is -1.89. The molecule has 53 heavy (non-hydrogen) atoms. The van der Waals surface area contributed by atoms with Crippen LogP contribution in [0.1, 0.15) is 54.2 Å². The van der Waals surface area contributed by atoms with E-state index in [1.807, 2.05) is 39.0 Å². The van der Waals surface area contributed by atoms with Crippen LogP contribution < -0.4 is 9.64 Å². The smallest absolute Gasteiger partial charge is 0.416 e. The third-order valence-electron chi connectivity index (χ3n) is 11.7. The minimum atomic E-state index is -4.55. The molecule has 290 valence electrons. The molecule has 2 amide bonds. The number of carboxylic acid groups (broad SMARTS) is 1. The number of nitrogens with zero attached hydrogens (tertiary/aromatic N) is 4. The number of piperidine rings is 1. The predicted octanol–water partition coefficient (Wildman–Crippen LogP) is 4.56. The van der Waals surface area contributed by atoms with Gasteiger partial charge in [0, 0.05) is 83.5 Å². The van der Waals surface area contributed by atoms with Gasteiger partial charge in [0.15, 0.2) is 0 Å². The third kappa shape index (κ3) is 8.60. The van der Waals surface area contributed by atoms with Crippen molar-refractivity contribution < 1.29 is 46.9 Å². The van der Waals surface area contributed by atoms with Gasteiger partial charge in [-0.15, -0.1) is 0 Å². The van der Waals surface area contributed by atoms with Crippen LogP contribution in [0, 0.1) is 17.8 Å². The second-order valence-electron chi connectivity index (χ2n) is 15.0. The van der Waals surface area contributed by atoms with Crippen molar-refractivity contribution in [2.24, 2.45) is 17.8 Å². The number of carboxylic acids is 1. The number of carbonyl (C=O) groups is 3. The molecule has 6 rings (SSSR count). The van der Waals surface area contributed by atoms with E-state index >= 15 is 0 Å². The number of methoxy groups -OCH3 is 3. The minimum absolute atomic E-state index is 0.0229. The molecular formula is C39H51F3N4O7. The number of aliphatic carboxylic acids is 1. The zero-order chi connectivity index (χ0) is 37.9. The largest absolute Gasteiger partial charge is 0.497 e. The fourth-order valence-corrected chi connectivity index (χ4v) is 8.96. The fraction of sp³-hybridized carbons (Fsp3) is 0.615. The number of ether oxygens (including phenoxy) is 3. The standard InChI is InChI=1S/C39H51F3N4O7/c1-51-23-27-18-45(21-33(27)31-11-8-28(39(40,41)42)17-35(31)44-15-12-26(13-16-44)38(49)50)37(48)34-20-43(19-32(34)25-6-9-30(53-3)10-7-25)22-36(47)46-14-4-5-29(46)24-52-2/h6-11,17,26-27,29,32-34H,4-5,12-16,18-24H2,1-3H3,(H,49,50)/t27-,29+,32+,33+,34-/m1/s1. The second-order valence-corrected chi connectivity index (χ2v) is 15.0. The summed E-state index contributed by atoms with van der Waals surface area (Å²) in [7, 11) is 4.81. The lowest BCUT2D eigenvalue weighted by Gasteiger charge is -2.35. The van der Waals surface area contributed by atoms with Crippen molar-refractivity contribution in [3.05, 3.63) is 59.2 Å². The SMILES string of the molecule is COC[C@H]1CN(C(=O)[C@@H]2CN(CC(=O)N3CCC[C@H]3COC)C[C@H]2c2ccc(OC)cc2)C[C@@H]1c1ccc(C(F)(F)F)cc1N1CCC(C(=O)O)CC1. The Morgan fingerprint density at radius 3 is 2.21 bits per heavy atom. The molecule has 4 saturated heterocycles. The highest BCUT2D eigenvalue weighted by Crippen LogP contribution is 2.44. The molecule has 5 atom stereocenters. The van der Waals surface area contributed by atoms with E-state index < -0.39 is 29.5 Å². The Hall–Kier alpha value is -3.88. The van der Waals surface area contributed by atoms with Crippen LogP contribution in [0.3, 0.4) is 0 Å². The number of likely N-dealkylation sites (tertiary alicyclic amines) is 3. The number of anilines is 1. The Kier molecular flexibility index (Phi) is 12.2. The predicted molar refractivity (Wildman–Crippen MR) is 191 cm³/mol. The molecule has 11 nitrogen and oxygen atoms in total. The summed E-state index contributed by atoms with van der Waals surface area (Å²) in [4.78, 5) is 47.5. The zero-order valence-corrected chi connectivity index (χ0v) is 30.7. The number of halogens is 3. The highest BCUT2D eigenvalue weighted by Gasteiger charge is 2.46. The van der Waals surface area contributed by atoms with E-state index in [1.54, 1.807) is 21.3 Å². The second kappa shape index (κ2) is 16.6. The molecule has 4 aliphatic rings. The number of rotatable bonds is 12. The molecule has 4 aliphatic heterocycles. The molecule has 0 aliphatic carbocycles. The summed E-state index contributed by atoms with van der Waals surface area (Å²) < 4.78 is 58.4. The topological polar surface area (TPSA) is 112 Å². The van der Waals surface area contributed by atoms with Crippen LogP contribution in [-0.2, 0) is 30.0 Å². The highest BCUT2D eigenvalue weighted by atomic mass is 19.4. The van der Waals surface area contributed by atoms with Gasteiger partial charge in [0.1, 0.15) is 5.75 Å². The Bertz CT molecular complexity index is 1600. The van der Waals surface area contributed by atoms with Crippen molar-refractivity contribution in [1.29, 1.82) is 0 Å². The van der Waals surface area contributed by atoms with Crippen molar-refractivity contribution in [2.75, 3.05) is 91.8 Å². The summed E-state index contributed by atoms with van der Waals surface area (Å²) in [6.45, 7) is 3.89. The molecule has 4 heterocycles. The first-order valence-corrected chi connectivity index (χ1v) is 18.5. The summed E-state index contributed by atoms with van der Waals surface area (Å²) in [5.41, 5.74) is 1.33. The van der Waals surface area contributed by atoms with Gasteiger partial charge in [0.25, 0.3) is 0 Å². The van der Waals surface area contributed by atoms with Gasteiger partial charge >= 0.3 is 12.1 Å². The van der Waals surface area contributed by atoms with Crippen LogP contribution in [0.5, 0.6) is 5.75 Å². The molecule has 0 spiro atoms. The van der Waals surface area contributed by atoms with Crippen LogP contribution in [0.4, 0.5) is 18.9 Å². The normalized spacial score (nSPS) is 25.7. The van der Waals surface area contributed by atoms with Crippen LogP contribution in [-0.4, -0.2) is 131 Å². The van der Waals surface area contributed by atoms with E-state index in [2.05, 4.69) is 4.90 Å². The van der Waals surface area contributed by atoms with E-state index in [0.717, 1.165) is 24.5 Å². The third-order valence-corrected chi connectivity index (χ3v) is 11.7. The van der Waals surface area contributed by atoms with Gasteiger partial charge in [0.05, 0.1) is 50.3 Å². The first-order valence-electron chi connectivity index (χ1n) is 18.5. The summed E-state index contributed by atoms with van der Waals surface area (Å²) >= 11 is 0. The molecule has 14 heteroatoms. The van der Waals surface area contributed by atoms with E-state index in [0.29, 0.717) is 88.9 Å². The van der Waals surface area contributed by atoms with Crippen molar-refractivity contribution >= 4 is 23.5 Å². The lowest BCUT2D eigenvalue weighted by molar-refractivity contribution is -0.142. The van der Waals surface area contributed by atoms with Crippen LogP contribution in [0.2, 0.25) is 0 Å². The highest BCUT2D eigenvalue weighted by molar-refractivity contribution is 5.82. The van der Waals surface area contributed by atoms with E-state index in [9.17, 15) is 32.7 Å². The van der Waals surface area contributed by atoms with Gasteiger partial charge < -0.3 is 34.0 Å². The zero-order valence-electron chi connectivity index (χ0n) is 30.7. The molecule has 0 saturated carbocycles. The lowest BCUT2D eigenvalue weighted by Crippen LogP contribution is -2.44. The Balaban J connectivity index is 1.26. The molecule has 1 N–H and O–H groups in total. The van der Waals surface area contributed by atoms with Gasteiger partial charge in [-0.25, -0.2) is 0 Å². The van der Waals surface area contributed by atoms with Crippen LogP contribution in [0.25, 0.3) is 0 Å². The van der Waals surface area contributed by atoms with Crippen molar-refractivity contribution in [3.63, 3.8) is 0 Å². The Labute approximate surface area is 308 Å². The van der Waals surface area contributed by atoms with Crippen LogP contribution in [0.15, 0.2) is 42.5 Å². The molecule has 2 aromatic carbocycles.